The maximum Gasteiger partial charge on any atom is 0.252 e. The van der Waals surface area contributed by atoms with Crippen molar-refractivity contribution in [2.24, 2.45) is 0 Å². The summed E-state index contributed by atoms with van der Waals surface area (Å²) in [5.41, 5.74) is 22.6. The average molecular weight is 767 g/mol. The summed E-state index contributed by atoms with van der Waals surface area (Å²) in [6.07, 6.45) is 4.80. The summed E-state index contributed by atoms with van der Waals surface area (Å²) in [5, 5.41) is 0. The van der Waals surface area contributed by atoms with E-state index in [-0.39, 0.29) is 39.2 Å². The van der Waals surface area contributed by atoms with Crippen LogP contribution in [0.1, 0.15) is 162 Å². The van der Waals surface area contributed by atoms with Gasteiger partial charge in [0.05, 0.1) is 0 Å². The summed E-state index contributed by atoms with van der Waals surface area (Å²) in [5.74, 6) is 0. The molecule has 5 aromatic carbocycles. The van der Waals surface area contributed by atoms with Crippen molar-refractivity contribution >= 4 is 57.2 Å². The molecule has 2 aliphatic heterocycles. The molecule has 0 unspecified atom stereocenters. The lowest BCUT2D eigenvalue weighted by Crippen LogP contribution is -2.62. The molecule has 0 fully saturated rings. The van der Waals surface area contributed by atoms with Crippen molar-refractivity contribution in [3.05, 3.63) is 124 Å². The van der Waals surface area contributed by atoms with Crippen molar-refractivity contribution in [2.45, 2.75) is 162 Å². The van der Waals surface area contributed by atoms with E-state index < -0.39 is 0 Å². The second-order valence-corrected chi connectivity index (χ2v) is 23.4. The van der Waals surface area contributed by atoms with Crippen molar-refractivity contribution in [1.29, 1.82) is 0 Å². The molecular formula is C55H67BN2. The Kier molecular flexibility index (Phi) is 8.39. The van der Waals surface area contributed by atoms with Gasteiger partial charge < -0.3 is 9.80 Å². The van der Waals surface area contributed by atoms with E-state index in [1.165, 1.54) is 115 Å². The van der Waals surface area contributed by atoms with Crippen LogP contribution in [-0.2, 0) is 32.5 Å². The Bertz CT molecular complexity index is 2500. The Morgan fingerprint density at radius 3 is 1.43 bits per heavy atom. The highest BCUT2D eigenvalue weighted by Crippen LogP contribution is 2.52. The maximum absolute atomic E-state index is 2.69. The fraction of sp³-hybridized carbons (Fsp3) is 0.455. The molecule has 0 spiro atoms. The first-order valence-corrected chi connectivity index (χ1v) is 22.2. The highest BCUT2D eigenvalue weighted by Gasteiger charge is 2.47. The Hall–Kier alpha value is -4.24. The average Bonchev–Trinajstić information content (AvgIpc) is 3.14. The molecule has 2 nitrogen and oxygen atoms in total. The van der Waals surface area contributed by atoms with Crippen LogP contribution >= 0.6 is 0 Å². The highest BCUT2D eigenvalue weighted by atomic mass is 15.2. The predicted octanol–water partition coefficient (Wildman–Crippen LogP) is 13.4. The van der Waals surface area contributed by atoms with Crippen molar-refractivity contribution < 1.29 is 0 Å². The summed E-state index contributed by atoms with van der Waals surface area (Å²) in [7, 11) is 0. The van der Waals surface area contributed by atoms with Crippen LogP contribution in [-0.4, -0.2) is 6.71 Å². The standard InChI is InChI=1S/C55H67BN2/c1-34-28-47-49-48(29-34)58(38-21-22-39-40(31-38)53(10,11)25-24-52(39,8)9)46-33-42-41(54(12,13)26-27-55(42,14)15)32-44(46)56(49)43-30-36(51(5,6)7)18-23-45(43)57(47)37-19-16-35(17-20-37)50(2,3)4/h16-23,28-33H,24-27H2,1-15H3. The van der Waals surface area contributed by atoms with Crippen molar-refractivity contribution in [3.8, 4) is 0 Å². The third-order valence-corrected chi connectivity index (χ3v) is 15.1. The van der Waals surface area contributed by atoms with E-state index in [2.05, 4.69) is 199 Å². The Morgan fingerprint density at radius 2 is 0.879 bits per heavy atom. The fourth-order valence-electron chi connectivity index (χ4n) is 11.0. The lowest BCUT2D eigenvalue weighted by Gasteiger charge is -2.48. The quantitative estimate of drug-likeness (QED) is 0.162. The normalized spacial score (nSPS) is 19.5. The first-order valence-electron chi connectivity index (χ1n) is 22.2. The van der Waals surface area contributed by atoms with Crippen LogP contribution in [0.4, 0.5) is 34.1 Å². The van der Waals surface area contributed by atoms with Gasteiger partial charge in [0.1, 0.15) is 0 Å². The van der Waals surface area contributed by atoms with Gasteiger partial charge in [0.25, 0.3) is 6.71 Å². The first-order chi connectivity index (χ1) is 26.9. The van der Waals surface area contributed by atoms with Crippen LogP contribution in [0.15, 0.2) is 84.9 Å². The molecule has 4 aliphatic rings. The SMILES string of the molecule is Cc1cc2c3c(c1)N(c1ccc4c(c1)C(C)(C)CCC4(C)C)c1cc4c(cc1B3c1cc(C(C)(C)C)ccc1N2c1ccc(C(C)(C)C)cc1)C(C)(C)CCC4(C)C. The maximum atomic E-state index is 2.69. The van der Waals surface area contributed by atoms with Gasteiger partial charge in [-0.2, -0.15) is 0 Å². The summed E-state index contributed by atoms with van der Waals surface area (Å²) in [4.78, 5) is 5.27. The number of benzene rings is 5. The number of fused-ring (bicyclic) bond motifs is 6. The van der Waals surface area contributed by atoms with E-state index in [9.17, 15) is 0 Å². The second-order valence-electron chi connectivity index (χ2n) is 23.4. The van der Waals surface area contributed by atoms with Gasteiger partial charge in [-0.15, -0.1) is 0 Å². The summed E-state index contributed by atoms with van der Waals surface area (Å²) in [6, 6.07) is 34.6. The summed E-state index contributed by atoms with van der Waals surface area (Å²) in [6.45, 7) is 36.2. The zero-order chi connectivity index (χ0) is 41.7. The molecule has 3 heteroatoms. The monoisotopic (exact) mass is 767 g/mol. The smallest absolute Gasteiger partial charge is 0.252 e. The van der Waals surface area contributed by atoms with Crippen molar-refractivity contribution in [1.82, 2.24) is 0 Å². The zero-order valence-electron chi connectivity index (χ0n) is 38.4. The minimum atomic E-state index is 0.0136. The molecule has 0 radical (unpaired) electrons. The van der Waals surface area contributed by atoms with Crippen molar-refractivity contribution in [2.75, 3.05) is 9.80 Å². The molecule has 5 aromatic rings. The molecule has 2 heterocycles. The van der Waals surface area contributed by atoms with Crippen LogP contribution in [0.25, 0.3) is 0 Å². The van der Waals surface area contributed by atoms with E-state index in [4.69, 9.17) is 0 Å². The molecule has 0 saturated carbocycles. The van der Waals surface area contributed by atoms with Gasteiger partial charge in [0.15, 0.2) is 0 Å². The summed E-state index contributed by atoms with van der Waals surface area (Å²) < 4.78 is 0. The molecule has 0 bridgehead atoms. The van der Waals surface area contributed by atoms with Gasteiger partial charge in [-0.05, 0) is 169 Å². The van der Waals surface area contributed by atoms with Gasteiger partial charge in [-0.3, -0.25) is 0 Å². The summed E-state index contributed by atoms with van der Waals surface area (Å²) >= 11 is 0. The van der Waals surface area contributed by atoms with E-state index >= 15 is 0 Å². The molecule has 0 N–H and O–H groups in total. The molecule has 0 saturated heterocycles. The van der Waals surface area contributed by atoms with E-state index in [1.54, 1.807) is 0 Å². The lowest BCUT2D eigenvalue weighted by molar-refractivity contribution is 0.332. The van der Waals surface area contributed by atoms with E-state index in [1.807, 2.05) is 0 Å². The zero-order valence-corrected chi connectivity index (χ0v) is 38.4. The number of nitrogens with zero attached hydrogens (tertiary/aromatic N) is 2. The van der Waals surface area contributed by atoms with E-state index in [0.29, 0.717) is 0 Å². The molecule has 0 atom stereocenters. The minimum Gasteiger partial charge on any atom is -0.311 e. The Labute approximate surface area is 351 Å². The predicted molar refractivity (Wildman–Crippen MR) is 253 cm³/mol. The number of hydrogen-bond acceptors (Lipinski definition) is 2. The molecule has 2 aliphatic carbocycles. The number of anilines is 6. The number of aryl methyl sites for hydroxylation is 1. The highest BCUT2D eigenvalue weighted by molar-refractivity contribution is 7.00. The number of rotatable bonds is 2. The lowest BCUT2D eigenvalue weighted by atomic mass is 9.33. The molecule has 58 heavy (non-hydrogen) atoms. The van der Waals surface area contributed by atoms with Crippen LogP contribution in [0, 0.1) is 6.92 Å². The fourth-order valence-corrected chi connectivity index (χ4v) is 11.0. The van der Waals surface area contributed by atoms with Gasteiger partial charge in [0, 0.05) is 34.1 Å². The van der Waals surface area contributed by atoms with Gasteiger partial charge in [0.2, 0.25) is 0 Å². The minimum absolute atomic E-state index is 0.0136. The molecular weight excluding hydrogens is 699 g/mol. The Morgan fingerprint density at radius 1 is 0.431 bits per heavy atom. The van der Waals surface area contributed by atoms with Gasteiger partial charge >= 0.3 is 0 Å². The number of hydrogen-bond donors (Lipinski definition) is 0. The van der Waals surface area contributed by atoms with E-state index in [0.717, 1.165) is 0 Å². The molecule has 0 aromatic heterocycles. The molecule has 0 amide bonds. The van der Waals surface area contributed by atoms with Crippen LogP contribution in [0.2, 0.25) is 0 Å². The van der Waals surface area contributed by atoms with Gasteiger partial charge in [-0.1, -0.05) is 133 Å². The molecule has 300 valence electrons. The van der Waals surface area contributed by atoms with Crippen LogP contribution in [0.5, 0.6) is 0 Å². The third-order valence-electron chi connectivity index (χ3n) is 15.1. The topological polar surface area (TPSA) is 6.48 Å². The largest absolute Gasteiger partial charge is 0.311 e. The third kappa shape index (κ3) is 5.95. The Balaban J connectivity index is 1.40. The van der Waals surface area contributed by atoms with Crippen LogP contribution in [0.3, 0.4) is 0 Å². The van der Waals surface area contributed by atoms with Crippen molar-refractivity contribution in [3.63, 3.8) is 0 Å². The van der Waals surface area contributed by atoms with Crippen LogP contribution < -0.4 is 26.2 Å². The van der Waals surface area contributed by atoms with Gasteiger partial charge in [-0.25, -0.2) is 0 Å². The second kappa shape index (κ2) is 12.4. The molecule has 9 rings (SSSR count). The first kappa shape index (κ1) is 39.2.